The van der Waals surface area contributed by atoms with Crippen LogP contribution in [0.25, 0.3) is 0 Å². The van der Waals surface area contributed by atoms with Crippen molar-refractivity contribution in [3.63, 3.8) is 0 Å². The van der Waals surface area contributed by atoms with Crippen molar-refractivity contribution in [1.82, 2.24) is 5.32 Å². The Labute approximate surface area is 108 Å². The van der Waals surface area contributed by atoms with E-state index in [1.54, 1.807) is 0 Å². The summed E-state index contributed by atoms with van der Waals surface area (Å²) in [6.07, 6.45) is 2.43. The van der Waals surface area contributed by atoms with Crippen molar-refractivity contribution < 1.29 is 9.84 Å². The monoisotopic (exact) mass is 247 g/mol. The van der Waals surface area contributed by atoms with Gasteiger partial charge < -0.3 is 15.2 Å². The SMILES string of the molecule is OCC1(c2cccc(C3CCNCC3)c2)COC1. The first-order chi connectivity index (χ1) is 8.84. The third-order valence-corrected chi connectivity index (χ3v) is 4.37. The first kappa shape index (κ1) is 12.2. The summed E-state index contributed by atoms with van der Waals surface area (Å²) in [5.41, 5.74) is 2.53. The van der Waals surface area contributed by atoms with Gasteiger partial charge in [0.05, 0.1) is 25.2 Å². The van der Waals surface area contributed by atoms with Crippen molar-refractivity contribution in [2.24, 2.45) is 0 Å². The van der Waals surface area contributed by atoms with Crippen LogP contribution >= 0.6 is 0 Å². The largest absolute Gasteiger partial charge is 0.395 e. The van der Waals surface area contributed by atoms with Crippen LogP contribution in [-0.4, -0.2) is 38.0 Å². The molecule has 0 amide bonds. The molecule has 3 nitrogen and oxygen atoms in total. The maximum atomic E-state index is 9.60. The highest BCUT2D eigenvalue weighted by Crippen LogP contribution is 2.34. The van der Waals surface area contributed by atoms with Gasteiger partial charge in [-0.1, -0.05) is 24.3 Å². The van der Waals surface area contributed by atoms with Crippen LogP contribution in [0.1, 0.15) is 29.9 Å². The van der Waals surface area contributed by atoms with Crippen molar-refractivity contribution in [3.8, 4) is 0 Å². The summed E-state index contributed by atoms with van der Waals surface area (Å²) in [5.74, 6) is 0.669. The van der Waals surface area contributed by atoms with E-state index in [0.717, 1.165) is 13.1 Å². The number of hydrogen-bond donors (Lipinski definition) is 2. The van der Waals surface area contributed by atoms with Crippen LogP contribution in [0, 0.1) is 0 Å². The normalized spacial score (nSPS) is 23.6. The van der Waals surface area contributed by atoms with Gasteiger partial charge in [0.1, 0.15) is 0 Å². The molecule has 0 bridgehead atoms. The Bertz CT molecular complexity index is 403. The van der Waals surface area contributed by atoms with Crippen LogP contribution in [0.2, 0.25) is 0 Å². The predicted octanol–water partition coefficient (Wildman–Crippen LogP) is 1.41. The average molecular weight is 247 g/mol. The molecule has 0 spiro atoms. The van der Waals surface area contributed by atoms with Crippen LogP contribution < -0.4 is 5.32 Å². The Kier molecular flexibility index (Phi) is 3.37. The van der Waals surface area contributed by atoms with E-state index >= 15 is 0 Å². The Hall–Kier alpha value is -0.900. The van der Waals surface area contributed by atoms with Crippen LogP contribution in [0.3, 0.4) is 0 Å². The second-order valence-electron chi connectivity index (χ2n) is 5.58. The van der Waals surface area contributed by atoms with Crippen molar-refractivity contribution >= 4 is 0 Å². The highest BCUT2D eigenvalue weighted by Gasteiger charge is 2.40. The Morgan fingerprint density at radius 2 is 2.06 bits per heavy atom. The van der Waals surface area contributed by atoms with Gasteiger partial charge in [-0.05, 0) is 43.0 Å². The molecule has 2 aliphatic heterocycles. The highest BCUT2D eigenvalue weighted by molar-refractivity contribution is 5.34. The molecule has 2 heterocycles. The van der Waals surface area contributed by atoms with Crippen LogP contribution in [0.4, 0.5) is 0 Å². The molecule has 1 aromatic rings. The lowest BCUT2D eigenvalue weighted by Gasteiger charge is -2.40. The van der Waals surface area contributed by atoms with Gasteiger partial charge in [0.2, 0.25) is 0 Å². The van der Waals surface area contributed by atoms with Crippen molar-refractivity contribution in [1.29, 1.82) is 0 Å². The lowest BCUT2D eigenvalue weighted by atomic mass is 9.77. The van der Waals surface area contributed by atoms with Crippen LogP contribution in [0.5, 0.6) is 0 Å². The van der Waals surface area contributed by atoms with Crippen molar-refractivity contribution in [2.45, 2.75) is 24.2 Å². The fraction of sp³-hybridized carbons (Fsp3) is 0.600. The van der Waals surface area contributed by atoms with Crippen LogP contribution in [-0.2, 0) is 10.2 Å². The summed E-state index contributed by atoms with van der Waals surface area (Å²) in [6.45, 7) is 3.72. The maximum Gasteiger partial charge on any atom is 0.0651 e. The quantitative estimate of drug-likeness (QED) is 0.848. The molecular formula is C15H21NO2. The molecule has 2 N–H and O–H groups in total. The topological polar surface area (TPSA) is 41.5 Å². The molecule has 0 radical (unpaired) electrons. The molecule has 2 saturated heterocycles. The molecule has 0 atom stereocenters. The number of hydrogen-bond acceptors (Lipinski definition) is 3. The maximum absolute atomic E-state index is 9.60. The third kappa shape index (κ3) is 2.07. The van der Waals surface area contributed by atoms with E-state index in [9.17, 15) is 5.11 Å². The highest BCUT2D eigenvalue weighted by atomic mass is 16.5. The molecule has 0 unspecified atom stereocenters. The molecule has 2 fully saturated rings. The van der Waals surface area contributed by atoms with Gasteiger partial charge >= 0.3 is 0 Å². The fourth-order valence-electron chi connectivity index (χ4n) is 2.98. The number of nitrogens with one attached hydrogen (secondary N) is 1. The summed E-state index contributed by atoms with van der Waals surface area (Å²) in [5, 5.41) is 13.0. The van der Waals surface area contributed by atoms with E-state index in [4.69, 9.17) is 4.74 Å². The number of ether oxygens (including phenoxy) is 1. The number of piperidine rings is 1. The first-order valence-corrected chi connectivity index (χ1v) is 6.84. The minimum Gasteiger partial charge on any atom is -0.395 e. The second kappa shape index (κ2) is 5.00. The predicted molar refractivity (Wildman–Crippen MR) is 70.9 cm³/mol. The van der Waals surface area contributed by atoms with E-state index < -0.39 is 0 Å². The zero-order valence-corrected chi connectivity index (χ0v) is 10.7. The van der Waals surface area contributed by atoms with Gasteiger partial charge in [-0.15, -0.1) is 0 Å². The van der Waals surface area contributed by atoms with E-state index in [0.29, 0.717) is 19.1 Å². The standard InChI is InChI=1S/C15H21NO2/c17-9-15(10-18-11-15)14-3-1-2-13(8-14)12-4-6-16-7-5-12/h1-3,8,12,16-17H,4-7,9-11H2. The number of benzene rings is 1. The number of rotatable bonds is 3. The zero-order valence-electron chi connectivity index (χ0n) is 10.7. The summed E-state index contributed by atoms with van der Waals surface area (Å²) in [6, 6.07) is 8.77. The zero-order chi connectivity index (χ0) is 12.4. The second-order valence-corrected chi connectivity index (χ2v) is 5.58. The Morgan fingerprint density at radius 1 is 1.28 bits per heavy atom. The number of aliphatic hydroxyl groups excluding tert-OH is 1. The molecule has 0 saturated carbocycles. The molecule has 18 heavy (non-hydrogen) atoms. The van der Waals surface area contributed by atoms with E-state index in [1.807, 2.05) is 0 Å². The molecule has 0 aromatic heterocycles. The summed E-state index contributed by atoms with van der Waals surface area (Å²) < 4.78 is 5.30. The van der Waals surface area contributed by atoms with E-state index in [1.165, 1.54) is 24.0 Å². The molecule has 2 aliphatic rings. The van der Waals surface area contributed by atoms with E-state index in [-0.39, 0.29) is 12.0 Å². The average Bonchev–Trinajstić information content (AvgIpc) is 2.40. The Balaban J connectivity index is 1.84. The van der Waals surface area contributed by atoms with Gasteiger partial charge in [-0.3, -0.25) is 0 Å². The molecule has 98 valence electrons. The lowest BCUT2D eigenvalue weighted by Crippen LogP contribution is -2.49. The third-order valence-electron chi connectivity index (χ3n) is 4.37. The Morgan fingerprint density at radius 3 is 2.67 bits per heavy atom. The molecular weight excluding hydrogens is 226 g/mol. The minimum absolute atomic E-state index is 0.136. The van der Waals surface area contributed by atoms with Gasteiger partial charge in [-0.25, -0.2) is 0 Å². The smallest absolute Gasteiger partial charge is 0.0651 e. The summed E-state index contributed by atoms with van der Waals surface area (Å²) >= 11 is 0. The van der Waals surface area contributed by atoms with Gasteiger partial charge in [0.25, 0.3) is 0 Å². The molecule has 3 heteroatoms. The minimum atomic E-state index is -0.136. The lowest BCUT2D eigenvalue weighted by molar-refractivity contribution is -0.0842. The van der Waals surface area contributed by atoms with Gasteiger partial charge in [-0.2, -0.15) is 0 Å². The summed E-state index contributed by atoms with van der Waals surface area (Å²) in [4.78, 5) is 0. The van der Waals surface area contributed by atoms with Gasteiger partial charge in [0, 0.05) is 0 Å². The molecule has 0 aliphatic carbocycles. The van der Waals surface area contributed by atoms with Crippen molar-refractivity contribution in [3.05, 3.63) is 35.4 Å². The van der Waals surface area contributed by atoms with E-state index in [2.05, 4.69) is 29.6 Å². The van der Waals surface area contributed by atoms with Crippen molar-refractivity contribution in [2.75, 3.05) is 32.9 Å². The molecule has 1 aromatic carbocycles. The summed E-state index contributed by atoms with van der Waals surface area (Å²) in [7, 11) is 0. The molecule has 3 rings (SSSR count). The number of aliphatic hydroxyl groups is 1. The van der Waals surface area contributed by atoms with Gasteiger partial charge in [0.15, 0.2) is 0 Å². The van der Waals surface area contributed by atoms with Crippen LogP contribution in [0.15, 0.2) is 24.3 Å². The fourth-order valence-corrected chi connectivity index (χ4v) is 2.98. The first-order valence-electron chi connectivity index (χ1n) is 6.84.